The Morgan fingerprint density at radius 1 is 1.17 bits per heavy atom. The molecule has 30 heavy (non-hydrogen) atoms. The Morgan fingerprint density at radius 3 is 2.83 bits per heavy atom. The largest absolute Gasteiger partial charge is 0.383 e. The minimum atomic E-state index is -0.563. The molecule has 7 nitrogen and oxygen atoms in total. The molecule has 3 atom stereocenters. The molecule has 2 saturated carbocycles. The number of aromatic nitrogens is 4. The SMILES string of the molecule is CC1(C)O[C@H]2[C@H](n3ccc4c(N)ncnc43)CC3(CC(Cc4cccnc4)C3)[C@H]2O1. The maximum atomic E-state index is 6.49. The molecule has 2 aliphatic carbocycles. The van der Waals surface area contributed by atoms with Crippen LogP contribution in [0.1, 0.15) is 44.7 Å². The summed E-state index contributed by atoms with van der Waals surface area (Å²) in [5.74, 6) is 0.624. The minimum Gasteiger partial charge on any atom is -0.383 e. The number of hydrogen-bond donors (Lipinski definition) is 1. The van der Waals surface area contributed by atoms with Crippen molar-refractivity contribution >= 4 is 16.9 Å². The highest BCUT2D eigenvalue weighted by molar-refractivity contribution is 5.86. The zero-order valence-corrected chi connectivity index (χ0v) is 17.4. The van der Waals surface area contributed by atoms with Crippen molar-refractivity contribution in [2.24, 2.45) is 11.3 Å². The van der Waals surface area contributed by atoms with Crippen molar-refractivity contribution in [2.75, 3.05) is 5.73 Å². The predicted octanol–water partition coefficient (Wildman–Crippen LogP) is 3.51. The van der Waals surface area contributed by atoms with E-state index in [-0.39, 0.29) is 23.7 Å². The quantitative estimate of drug-likeness (QED) is 0.717. The molecule has 3 aliphatic rings. The smallest absolute Gasteiger partial charge is 0.163 e. The predicted molar refractivity (Wildman–Crippen MR) is 113 cm³/mol. The molecule has 1 saturated heterocycles. The molecule has 0 radical (unpaired) electrons. The van der Waals surface area contributed by atoms with E-state index < -0.39 is 5.79 Å². The minimum absolute atomic E-state index is 0.0196. The third-order valence-electron chi connectivity index (χ3n) is 7.26. The topological polar surface area (TPSA) is 88.1 Å². The Hall–Kier alpha value is -2.51. The van der Waals surface area contributed by atoms with Gasteiger partial charge in [-0.05, 0) is 63.1 Å². The lowest BCUT2D eigenvalue weighted by Crippen LogP contribution is -2.46. The Kier molecular flexibility index (Phi) is 3.81. The van der Waals surface area contributed by atoms with Crippen molar-refractivity contribution in [3.05, 3.63) is 48.7 Å². The summed E-state index contributed by atoms with van der Waals surface area (Å²) >= 11 is 0. The van der Waals surface area contributed by atoms with Gasteiger partial charge in [0.25, 0.3) is 0 Å². The molecule has 4 heterocycles. The molecule has 1 aliphatic heterocycles. The summed E-state index contributed by atoms with van der Waals surface area (Å²) in [6.07, 6.45) is 12.0. The number of ether oxygens (including phenoxy) is 2. The first kappa shape index (κ1) is 18.3. The van der Waals surface area contributed by atoms with Gasteiger partial charge in [0.2, 0.25) is 0 Å². The van der Waals surface area contributed by atoms with Crippen LogP contribution in [0.5, 0.6) is 0 Å². The number of fused-ring (bicyclic) bond motifs is 3. The van der Waals surface area contributed by atoms with E-state index in [0.29, 0.717) is 11.7 Å². The van der Waals surface area contributed by atoms with Gasteiger partial charge < -0.3 is 19.8 Å². The van der Waals surface area contributed by atoms with Gasteiger partial charge >= 0.3 is 0 Å². The zero-order chi connectivity index (χ0) is 20.5. The van der Waals surface area contributed by atoms with Crippen molar-refractivity contribution in [1.29, 1.82) is 0 Å². The van der Waals surface area contributed by atoms with Gasteiger partial charge in [0.15, 0.2) is 5.79 Å². The standard InChI is InChI=1S/C23H27N5O2/c1-22(2)29-18-17(28-7-5-16-20(24)26-13-27-21(16)28)11-23(19(18)30-22)9-15(10-23)8-14-4-3-6-25-12-14/h3-7,12-13,15,17-19H,8-11H2,1-2H3,(H2,24,26,27)/t15?,17-,18+,19+,23?/m1/s1. The third kappa shape index (κ3) is 2.68. The summed E-state index contributed by atoms with van der Waals surface area (Å²) in [6, 6.07) is 6.39. The molecule has 1 spiro atoms. The molecule has 3 aromatic heterocycles. The van der Waals surface area contributed by atoms with E-state index in [9.17, 15) is 0 Å². The number of rotatable bonds is 3. The zero-order valence-electron chi connectivity index (χ0n) is 17.4. The molecule has 7 heteroatoms. The van der Waals surface area contributed by atoms with Crippen molar-refractivity contribution < 1.29 is 9.47 Å². The second kappa shape index (κ2) is 6.25. The van der Waals surface area contributed by atoms with Gasteiger partial charge in [-0.15, -0.1) is 0 Å². The van der Waals surface area contributed by atoms with Crippen LogP contribution in [0.2, 0.25) is 0 Å². The normalized spacial score (nSPS) is 34.3. The fraction of sp³-hybridized carbons (Fsp3) is 0.522. The summed E-state index contributed by atoms with van der Waals surface area (Å²) in [5.41, 5.74) is 8.43. The molecule has 6 rings (SSSR count). The Morgan fingerprint density at radius 2 is 2.03 bits per heavy atom. The van der Waals surface area contributed by atoms with Crippen LogP contribution in [0.3, 0.4) is 0 Å². The fourth-order valence-electron chi connectivity index (χ4n) is 6.19. The highest BCUT2D eigenvalue weighted by Crippen LogP contribution is 2.64. The number of nitrogens with two attached hydrogens (primary N) is 1. The van der Waals surface area contributed by atoms with Crippen LogP contribution in [0.15, 0.2) is 43.1 Å². The summed E-state index contributed by atoms with van der Waals surface area (Å²) in [5, 5.41) is 0.899. The van der Waals surface area contributed by atoms with Crippen LogP contribution in [0.4, 0.5) is 5.82 Å². The second-order valence-corrected chi connectivity index (χ2v) is 9.71. The number of hydrogen-bond acceptors (Lipinski definition) is 6. The van der Waals surface area contributed by atoms with E-state index in [1.54, 1.807) is 6.33 Å². The molecule has 3 fully saturated rings. The summed E-state index contributed by atoms with van der Waals surface area (Å²) < 4.78 is 15.2. The van der Waals surface area contributed by atoms with Crippen molar-refractivity contribution in [3.8, 4) is 0 Å². The van der Waals surface area contributed by atoms with Crippen LogP contribution in [0, 0.1) is 11.3 Å². The maximum Gasteiger partial charge on any atom is 0.163 e. The molecule has 2 N–H and O–H groups in total. The van der Waals surface area contributed by atoms with Crippen molar-refractivity contribution in [2.45, 2.75) is 63.6 Å². The molecule has 0 aromatic carbocycles. The van der Waals surface area contributed by atoms with E-state index in [0.717, 1.165) is 36.7 Å². The van der Waals surface area contributed by atoms with Gasteiger partial charge in [-0.25, -0.2) is 9.97 Å². The molecule has 0 amide bonds. The van der Waals surface area contributed by atoms with Crippen LogP contribution >= 0.6 is 0 Å². The Bertz CT molecular complexity index is 1090. The van der Waals surface area contributed by atoms with E-state index >= 15 is 0 Å². The number of nitrogen functional groups attached to an aromatic ring is 1. The monoisotopic (exact) mass is 405 g/mol. The number of pyridine rings is 1. The van der Waals surface area contributed by atoms with Gasteiger partial charge in [0.05, 0.1) is 17.5 Å². The lowest BCUT2D eigenvalue weighted by atomic mass is 9.58. The molecule has 0 unspecified atom stereocenters. The lowest BCUT2D eigenvalue weighted by Gasteiger charge is -2.49. The van der Waals surface area contributed by atoms with Gasteiger partial charge in [0.1, 0.15) is 23.9 Å². The van der Waals surface area contributed by atoms with E-state index in [2.05, 4.69) is 31.8 Å². The molecular formula is C23H27N5O2. The van der Waals surface area contributed by atoms with E-state index in [4.69, 9.17) is 15.2 Å². The first-order valence-corrected chi connectivity index (χ1v) is 10.8. The lowest BCUT2D eigenvalue weighted by molar-refractivity contribution is -0.181. The van der Waals surface area contributed by atoms with Gasteiger partial charge in [-0.2, -0.15) is 0 Å². The Balaban J connectivity index is 1.30. The van der Waals surface area contributed by atoms with Crippen molar-refractivity contribution in [3.63, 3.8) is 0 Å². The van der Waals surface area contributed by atoms with Crippen LogP contribution in [0.25, 0.3) is 11.0 Å². The van der Waals surface area contributed by atoms with Gasteiger partial charge in [0, 0.05) is 24.0 Å². The van der Waals surface area contributed by atoms with Crippen LogP contribution in [-0.4, -0.2) is 37.5 Å². The first-order chi connectivity index (χ1) is 14.4. The van der Waals surface area contributed by atoms with E-state index in [1.165, 1.54) is 5.56 Å². The summed E-state index contributed by atoms with van der Waals surface area (Å²) in [4.78, 5) is 12.9. The first-order valence-electron chi connectivity index (χ1n) is 10.8. The van der Waals surface area contributed by atoms with Crippen molar-refractivity contribution in [1.82, 2.24) is 19.5 Å². The molecule has 3 aromatic rings. The molecular weight excluding hydrogens is 378 g/mol. The highest BCUT2D eigenvalue weighted by atomic mass is 16.8. The second-order valence-electron chi connectivity index (χ2n) is 9.71. The molecule has 156 valence electrons. The van der Waals surface area contributed by atoms with Gasteiger partial charge in [-0.1, -0.05) is 6.07 Å². The van der Waals surface area contributed by atoms with Gasteiger partial charge in [-0.3, -0.25) is 4.98 Å². The fourth-order valence-corrected chi connectivity index (χ4v) is 6.19. The number of nitrogens with zero attached hydrogens (tertiary/aromatic N) is 4. The molecule has 0 bridgehead atoms. The van der Waals surface area contributed by atoms with Crippen LogP contribution in [-0.2, 0) is 15.9 Å². The highest BCUT2D eigenvalue weighted by Gasteiger charge is 2.65. The maximum absolute atomic E-state index is 6.49. The van der Waals surface area contributed by atoms with Crippen LogP contribution < -0.4 is 5.73 Å². The average molecular weight is 406 g/mol. The summed E-state index contributed by atoms with van der Waals surface area (Å²) in [7, 11) is 0. The number of anilines is 1. The third-order valence-corrected chi connectivity index (χ3v) is 7.26. The average Bonchev–Trinajstić information content (AvgIpc) is 3.33. The Labute approximate surface area is 175 Å². The summed E-state index contributed by atoms with van der Waals surface area (Å²) in [6.45, 7) is 4.05. The van der Waals surface area contributed by atoms with E-state index in [1.807, 2.05) is 38.4 Å².